The number of rotatable bonds is 4. The highest BCUT2D eigenvalue weighted by atomic mass is 35.5. The SMILES string of the molecule is O=C(COc1ccc(Cl)cc1Cl)N1CCC(c2nc3ccc(F)cc3[nH]2)CC1. The summed E-state index contributed by atoms with van der Waals surface area (Å²) in [7, 11) is 0. The standard InChI is InChI=1S/C20H18Cl2FN3O2/c21-13-1-4-18(15(22)9-13)28-11-19(27)26-7-5-12(6-8-26)20-24-16-3-2-14(23)10-17(16)25-20/h1-4,9-10,12H,5-8,11H2,(H,24,25). The number of aromatic nitrogens is 2. The van der Waals surface area contributed by atoms with Crippen molar-refractivity contribution in [1.29, 1.82) is 0 Å². The molecule has 28 heavy (non-hydrogen) atoms. The largest absolute Gasteiger partial charge is 0.482 e. The van der Waals surface area contributed by atoms with E-state index in [1.54, 1.807) is 29.2 Å². The van der Waals surface area contributed by atoms with Crippen molar-refractivity contribution >= 4 is 40.1 Å². The fourth-order valence-electron chi connectivity index (χ4n) is 3.42. The monoisotopic (exact) mass is 421 g/mol. The maximum Gasteiger partial charge on any atom is 0.260 e. The number of carbonyl (C=O) groups is 1. The third-order valence-electron chi connectivity index (χ3n) is 4.94. The molecule has 4 rings (SSSR count). The van der Waals surface area contributed by atoms with Crippen LogP contribution in [0.4, 0.5) is 4.39 Å². The minimum atomic E-state index is -0.288. The van der Waals surface area contributed by atoms with Crippen LogP contribution >= 0.6 is 23.2 Å². The van der Waals surface area contributed by atoms with Gasteiger partial charge in [0.25, 0.3) is 5.91 Å². The Bertz CT molecular complexity index is 1020. The van der Waals surface area contributed by atoms with Gasteiger partial charge in [0.1, 0.15) is 17.4 Å². The molecule has 2 aromatic carbocycles. The summed E-state index contributed by atoms with van der Waals surface area (Å²) in [5, 5.41) is 0.888. The molecule has 1 aliphatic heterocycles. The van der Waals surface area contributed by atoms with Crippen LogP contribution in [0, 0.1) is 5.82 Å². The van der Waals surface area contributed by atoms with E-state index in [9.17, 15) is 9.18 Å². The maximum absolute atomic E-state index is 13.3. The number of H-pyrrole nitrogens is 1. The Labute approximate surface area is 171 Å². The van der Waals surface area contributed by atoms with E-state index >= 15 is 0 Å². The molecular weight excluding hydrogens is 404 g/mol. The van der Waals surface area contributed by atoms with Gasteiger partial charge in [0, 0.05) is 24.0 Å². The zero-order valence-electron chi connectivity index (χ0n) is 14.9. The van der Waals surface area contributed by atoms with Crippen molar-refractivity contribution < 1.29 is 13.9 Å². The smallest absolute Gasteiger partial charge is 0.260 e. The average Bonchev–Trinajstić information content (AvgIpc) is 3.10. The molecule has 1 aliphatic rings. The van der Waals surface area contributed by atoms with Crippen LogP contribution in [0.1, 0.15) is 24.6 Å². The number of hydrogen-bond donors (Lipinski definition) is 1. The van der Waals surface area contributed by atoms with Crippen molar-refractivity contribution in [2.75, 3.05) is 19.7 Å². The van der Waals surface area contributed by atoms with Crippen LogP contribution < -0.4 is 4.74 Å². The number of benzene rings is 2. The molecule has 1 amide bonds. The van der Waals surface area contributed by atoms with Crippen molar-refractivity contribution in [2.45, 2.75) is 18.8 Å². The van der Waals surface area contributed by atoms with Crippen LogP contribution in [0.15, 0.2) is 36.4 Å². The predicted octanol–water partition coefficient (Wildman–Crippen LogP) is 4.79. The fourth-order valence-corrected chi connectivity index (χ4v) is 3.88. The van der Waals surface area contributed by atoms with E-state index in [0.717, 1.165) is 24.2 Å². The lowest BCUT2D eigenvalue weighted by Gasteiger charge is -2.31. The lowest BCUT2D eigenvalue weighted by molar-refractivity contribution is -0.134. The number of hydrogen-bond acceptors (Lipinski definition) is 3. The van der Waals surface area contributed by atoms with Crippen LogP contribution in [0.25, 0.3) is 11.0 Å². The van der Waals surface area contributed by atoms with Gasteiger partial charge in [-0.25, -0.2) is 9.37 Å². The third kappa shape index (κ3) is 4.08. The van der Waals surface area contributed by atoms with E-state index < -0.39 is 0 Å². The van der Waals surface area contributed by atoms with Gasteiger partial charge in [-0.2, -0.15) is 0 Å². The third-order valence-corrected chi connectivity index (χ3v) is 5.47. The zero-order chi connectivity index (χ0) is 19.7. The Hall–Kier alpha value is -2.31. The molecule has 2 heterocycles. The Kier molecular flexibility index (Phi) is 5.42. The molecule has 1 aromatic heterocycles. The summed E-state index contributed by atoms with van der Waals surface area (Å²) in [6.07, 6.45) is 1.57. The van der Waals surface area contributed by atoms with Crippen molar-refractivity contribution in [3.05, 3.63) is 58.1 Å². The molecule has 0 radical (unpaired) electrons. The number of fused-ring (bicyclic) bond motifs is 1. The summed E-state index contributed by atoms with van der Waals surface area (Å²) in [4.78, 5) is 22.0. The summed E-state index contributed by atoms with van der Waals surface area (Å²) in [6, 6.07) is 9.41. The van der Waals surface area contributed by atoms with E-state index in [2.05, 4.69) is 9.97 Å². The number of piperidine rings is 1. The molecule has 3 aromatic rings. The molecular formula is C20H18Cl2FN3O2. The second-order valence-corrected chi connectivity index (χ2v) is 7.65. The molecule has 0 atom stereocenters. The molecule has 0 saturated carbocycles. The number of likely N-dealkylation sites (tertiary alicyclic amines) is 1. The predicted molar refractivity (Wildman–Crippen MR) is 107 cm³/mol. The quantitative estimate of drug-likeness (QED) is 0.658. The van der Waals surface area contributed by atoms with Crippen LogP contribution in [-0.2, 0) is 4.79 Å². The first kappa shape index (κ1) is 19.0. The van der Waals surface area contributed by atoms with E-state index in [4.69, 9.17) is 27.9 Å². The molecule has 146 valence electrons. The van der Waals surface area contributed by atoms with Crippen molar-refractivity contribution in [3.8, 4) is 5.75 Å². The van der Waals surface area contributed by atoms with E-state index in [-0.39, 0.29) is 24.2 Å². The number of nitrogens with zero attached hydrogens (tertiary/aromatic N) is 2. The Morgan fingerprint density at radius 3 is 2.75 bits per heavy atom. The van der Waals surface area contributed by atoms with Gasteiger partial charge in [-0.15, -0.1) is 0 Å². The average molecular weight is 422 g/mol. The van der Waals surface area contributed by atoms with Gasteiger partial charge in [-0.1, -0.05) is 23.2 Å². The molecule has 1 N–H and O–H groups in total. The number of carbonyl (C=O) groups excluding carboxylic acids is 1. The van der Waals surface area contributed by atoms with Gasteiger partial charge in [0.2, 0.25) is 0 Å². The molecule has 1 fully saturated rings. The van der Waals surface area contributed by atoms with Gasteiger partial charge in [-0.05, 0) is 49.2 Å². The summed E-state index contributed by atoms with van der Waals surface area (Å²) < 4.78 is 18.9. The summed E-state index contributed by atoms with van der Waals surface area (Å²) in [5.74, 6) is 1.12. The molecule has 0 unspecified atom stereocenters. The topological polar surface area (TPSA) is 58.2 Å². The Balaban J connectivity index is 1.33. The zero-order valence-corrected chi connectivity index (χ0v) is 16.4. The van der Waals surface area contributed by atoms with Crippen LogP contribution in [0.3, 0.4) is 0 Å². The second kappa shape index (κ2) is 7.97. The van der Waals surface area contributed by atoms with Crippen LogP contribution in [0.5, 0.6) is 5.75 Å². The number of imidazole rings is 1. The van der Waals surface area contributed by atoms with E-state index in [1.165, 1.54) is 12.1 Å². The summed E-state index contributed by atoms with van der Waals surface area (Å²) in [5.41, 5.74) is 1.45. The molecule has 8 heteroatoms. The summed E-state index contributed by atoms with van der Waals surface area (Å²) >= 11 is 11.9. The number of ether oxygens (including phenoxy) is 1. The van der Waals surface area contributed by atoms with Gasteiger partial charge in [0.05, 0.1) is 16.1 Å². The maximum atomic E-state index is 13.3. The summed E-state index contributed by atoms with van der Waals surface area (Å²) in [6.45, 7) is 1.16. The number of aromatic amines is 1. The van der Waals surface area contributed by atoms with E-state index in [0.29, 0.717) is 34.4 Å². The second-order valence-electron chi connectivity index (χ2n) is 6.80. The lowest BCUT2D eigenvalue weighted by atomic mass is 9.96. The highest BCUT2D eigenvalue weighted by molar-refractivity contribution is 6.35. The first-order valence-electron chi connectivity index (χ1n) is 9.00. The molecule has 0 aliphatic carbocycles. The van der Waals surface area contributed by atoms with E-state index in [1.807, 2.05) is 0 Å². The van der Waals surface area contributed by atoms with Crippen molar-refractivity contribution in [3.63, 3.8) is 0 Å². The molecule has 5 nitrogen and oxygen atoms in total. The molecule has 0 bridgehead atoms. The number of amides is 1. The van der Waals surface area contributed by atoms with Crippen LogP contribution in [0.2, 0.25) is 10.0 Å². The number of nitrogens with one attached hydrogen (secondary N) is 1. The normalized spacial score (nSPS) is 15.2. The molecule has 0 spiro atoms. The van der Waals surface area contributed by atoms with Crippen LogP contribution in [-0.4, -0.2) is 40.5 Å². The number of halogens is 3. The van der Waals surface area contributed by atoms with Gasteiger partial charge >= 0.3 is 0 Å². The Morgan fingerprint density at radius 1 is 1.21 bits per heavy atom. The van der Waals surface area contributed by atoms with Gasteiger partial charge in [0.15, 0.2) is 6.61 Å². The fraction of sp³-hybridized carbons (Fsp3) is 0.300. The molecule has 1 saturated heterocycles. The van der Waals surface area contributed by atoms with Crippen molar-refractivity contribution in [1.82, 2.24) is 14.9 Å². The minimum absolute atomic E-state index is 0.0735. The Morgan fingerprint density at radius 2 is 2.00 bits per heavy atom. The minimum Gasteiger partial charge on any atom is -0.482 e. The lowest BCUT2D eigenvalue weighted by Crippen LogP contribution is -2.40. The van der Waals surface area contributed by atoms with Gasteiger partial charge < -0.3 is 14.6 Å². The highest BCUT2D eigenvalue weighted by Gasteiger charge is 2.26. The van der Waals surface area contributed by atoms with Crippen molar-refractivity contribution in [2.24, 2.45) is 0 Å². The highest BCUT2D eigenvalue weighted by Crippen LogP contribution is 2.29. The first-order chi connectivity index (χ1) is 13.5. The van der Waals surface area contributed by atoms with Gasteiger partial charge in [-0.3, -0.25) is 4.79 Å². The first-order valence-corrected chi connectivity index (χ1v) is 9.76.